The van der Waals surface area contributed by atoms with Gasteiger partial charge in [-0.25, -0.2) is 15.0 Å². The normalized spacial score (nSPS) is 12.9. The van der Waals surface area contributed by atoms with E-state index in [4.69, 9.17) is 4.74 Å². The number of benzene rings is 1. The zero-order valence-electron chi connectivity index (χ0n) is 16.6. The van der Waals surface area contributed by atoms with E-state index in [1.807, 2.05) is 17.6 Å². The van der Waals surface area contributed by atoms with Gasteiger partial charge in [-0.3, -0.25) is 0 Å². The highest BCUT2D eigenvalue weighted by molar-refractivity contribution is 5.90. The second kappa shape index (κ2) is 8.23. The maximum Gasteiger partial charge on any atom is 0.419 e. The summed E-state index contributed by atoms with van der Waals surface area (Å²) in [6.07, 6.45) is 1.09. The van der Waals surface area contributed by atoms with Crippen molar-refractivity contribution < 1.29 is 17.9 Å². The molecule has 2 heterocycles. The van der Waals surface area contributed by atoms with Crippen LogP contribution >= 0.6 is 0 Å². The van der Waals surface area contributed by atoms with E-state index in [2.05, 4.69) is 28.5 Å². The van der Waals surface area contributed by atoms with Crippen molar-refractivity contribution in [1.29, 1.82) is 0 Å². The number of rotatable bonds is 7. The molecular weight excluding hydrogens is 381 g/mol. The number of ether oxygens (including phenoxy) is 1. The number of hydrogen-bond donors (Lipinski definition) is 0. The third-order valence-corrected chi connectivity index (χ3v) is 4.83. The predicted octanol–water partition coefficient (Wildman–Crippen LogP) is 5.61. The molecule has 0 spiro atoms. The van der Waals surface area contributed by atoms with Gasteiger partial charge in [0.2, 0.25) is 0 Å². The first-order valence-electron chi connectivity index (χ1n) is 9.46. The lowest BCUT2D eigenvalue weighted by Crippen LogP contribution is -2.10. The van der Waals surface area contributed by atoms with E-state index in [-0.39, 0.29) is 17.4 Å². The Bertz CT molecular complexity index is 1030. The molecule has 0 aliphatic heterocycles. The van der Waals surface area contributed by atoms with E-state index in [1.54, 1.807) is 6.07 Å². The molecule has 1 atom stereocenters. The van der Waals surface area contributed by atoms with Crippen LogP contribution in [-0.2, 0) is 12.6 Å². The van der Waals surface area contributed by atoms with Gasteiger partial charge >= 0.3 is 6.18 Å². The number of methoxy groups -OCH3 is 1. The number of fused-ring (bicyclic) bond motifs is 1. The highest BCUT2D eigenvalue weighted by atomic mass is 19.4. The van der Waals surface area contributed by atoms with Gasteiger partial charge < -0.3 is 9.30 Å². The van der Waals surface area contributed by atoms with Crippen molar-refractivity contribution >= 4 is 11.2 Å². The standard InChI is InChI=1S/C21H23F3N4O/c1-5-9-13(6-2)28-16(7-3)27-18-17(25-12-26-20(18)28)14-10-8-11-15(19(14)29-4)21(22,23)24/h6,8,10-13H,2,5,7,9H2,1,3-4H3. The van der Waals surface area contributed by atoms with Gasteiger partial charge in [-0.15, -0.1) is 6.58 Å². The Morgan fingerprint density at radius 2 is 2.00 bits per heavy atom. The van der Waals surface area contributed by atoms with Gasteiger partial charge in [-0.1, -0.05) is 32.4 Å². The Balaban J connectivity index is 2.31. The molecule has 5 nitrogen and oxygen atoms in total. The first-order valence-corrected chi connectivity index (χ1v) is 9.46. The average Bonchev–Trinajstić information content (AvgIpc) is 3.09. The lowest BCUT2D eigenvalue weighted by atomic mass is 10.0. The number of imidazole rings is 1. The van der Waals surface area contributed by atoms with Crippen molar-refractivity contribution in [3.63, 3.8) is 0 Å². The molecule has 8 heteroatoms. The highest BCUT2D eigenvalue weighted by Gasteiger charge is 2.36. The van der Waals surface area contributed by atoms with Crippen molar-refractivity contribution in [2.45, 2.75) is 45.3 Å². The second-order valence-corrected chi connectivity index (χ2v) is 6.62. The molecule has 3 rings (SSSR count). The number of hydrogen-bond acceptors (Lipinski definition) is 4. The van der Waals surface area contributed by atoms with Gasteiger partial charge in [0.1, 0.15) is 29.1 Å². The summed E-state index contributed by atoms with van der Waals surface area (Å²) in [5.74, 6) is 0.507. The molecule has 0 amide bonds. The van der Waals surface area contributed by atoms with E-state index in [0.717, 1.165) is 24.7 Å². The molecule has 1 unspecified atom stereocenters. The van der Waals surface area contributed by atoms with E-state index < -0.39 is 11.7 Å². The summed E-state index contributed by atoms with van der Waals surface area (Å²) in [4.78, 5) is 13.3. The van der Waals surface area contributed by atoms with Gasteiger partial charge in [0, 0.05) is 12.0 Å². The summed E-state index contributed by atoms with van der Waals surface area (Å²) in [6, 6.07) is 3.88. The van der Waals surface area contributed by atoms with Crippen LogP contribution in [0.25, 0.3) is 22.4 Å². The minimum atomic E-state index is -4.55. The molecule has 0 aliphatic carbocycles. The van der Waals surface area contributed by atoms with Crippen molar-refractivity contribution in [3.05, 3.63) is 48.6 Å². The fourth-order valence-corrected chi connectivity index (χ4v) is 3.56. The van der Waals surface area contributed by atoms with Crippen LogP contribution in [0, 0.1) is 0 Å². The van der Waals surface area contributed by atoms with Gasteiger partial charge in [-0.2, -0.15) is 13.2 Å². The first-order chi connectivity index (χ1) is 13.9. The molecule has 29 heavy (non-hydrogen) atoms. The van der Waals surface area contributed by atoms with Gasteiger partial charge in [-0.05, 0) is 18.6 Å². The SMILES string of the molecule is C=CC(CCC)n1c(CC)nc2c(-c3cccc(C(F)(F)F)c3OC)ncnc21. The van der Waals surface area contributed by atoms with E-state index in [0.29, 0.717) is 23.3 Å². The third-order valence-electron chi connectivity index (χ3n) is 4.83. The fourth-order valence-electron chi connectivity index (χ4n) is 3.56. The third kappa shape index (κ3) is 3.71. The van der Waals surface area contributed by atoms with Crippen molar-refractivity contribution in [2.24, 2.45) is 0 Å². The molecule has 0 saturated heterocycles. The molecule has 3 aromatic rings. The first kappa shape index (κ1) is 20.8. The molecule has 2 aromatic heterocycles. The van der Waals surface area contributed by atoms with Crippen LogP contribution in [0.3, 0.4) is 0 Å². The van der Waals surface area contributed by atoms with Crippen molar-refractivity contribution in [1.82, 2.24) is 19.5 Å². The molecule has 154 valence electrons. The maximum atomic E-state index is 13.5. The van der Waals surface area contributed by atoms with Crippen LogP contribution in [0.2, 0.25) is 0 Å². The van der Waals surface area contributed by atoms with Crippen molar-refractivity contribution in [3.8, 4) is 17.0 Å². The molecule has 0 N–H and O–H groups in total. The number of halogens is 3. The molecular formula is C21H23F3N4O. The topological polar surface area (TPSA) is 52.8 Å². The summed E-state index contributed by atoms with van der Waals surface area (Å²) in [5.41, 5.74) is 0.710. The number of para-hydroxylation sites is 1. The largest absolute Gasteiger partial charge is 0.495 e. The summed E-state index contributed by atoms with van der Waals surface area (Å²) in [6.45, 7) is 7.98. The summed E-state index contributed by atoms with van der Waals surface area (Å²) in [5, 5.41) is 0. The van der Waals surface area contributed by atoms with E-state index in [9.17, 15) is 13.2 Å². The Morgan fingerprint density at radius 1 is 1.24 bits per heavy atom. The molecule has 0 saturated carbocycles. The summed E-state index contributed by atoms with van der Waals surface area (Å²) >= 11 is 0. The molecule has 0 aliphatic rings. The van der Waals surface area contributed by atoms with Crippen LogP contribution in [0.1, 0.15) is 44.1 Å². The monoisotopic (exact) mass is 404 g/mol. The second-order valence-electron chi connectivity index (χ2n) is 6.62. The van der Waals surface area contributed by atoms with Crippen LogP contribution in [0.15, 0.2) is 37.2 Å². The van der Waals surface area contributed by atoms with Crippen LogP contribution in [0.5, 0.6) is 5.75 Å². The summed E-state index contributed by atoms with van der Waals surface area (Å²) in [7, 11) is 1.22. The minimum absolute atomic E-state index is 0.00824. The zero-order valence-corrected chi connectivity index (χ0v) is 16.6. The quantitative estimate of drug-likeness (QED) is 0.480. The Kier molecular flexibility index (Phi) is 5.91. The smallest absolute Gasteiger partial charge is 0.419 e. The van der Waals surface area contributed by atoms with Crippen LogP contribution in [-0.4, -0.2) is 26.6 Å². The minimum Gasteiger partial charge on any atom is -0.495 e. The molecule has 0 bridgehead atoms. The Labute approximate surface area is 167 Å². The van der Waals surface area contributed by atoms with E-state index in [1.165, 1.54) is 19.5 Å². The average molecular weight is 404 g/mol. The number of aryl methyl sites for hydroxylation is 1. The van der Waals surface area contributed by atoms with Gasteiger partial charge in [0.15, 0.2) is 5.65 Å². The number of nitrogens with zero attached hydrogens (tertiary/aromatic N) is 4. The number of alkyl halides is 3. The number of aromatic nitrogens is 4. The Hall–Kier alpha value is -2.90. The Morgan fingerprint density at radius 3 is 2.59 bits per heavy atom. The van der Waals surface area contributed by atoms with Crippen LogP contribution < -0.4 is 4.74 Å². The highest BCUT2D eigenvalue weighted by Crippen LogP contribution is 2.42. The zero-order chi connectivity index (χ0) is 21.2. The maximum absolute atomic E-state index is 13.5. The van der Waals surface area contributed by atoms with E-state index >= 15 is 0 Å². The van der Waals surface area contributed by atoms with Crippen molar-refractivity contribution in [2.75, 3.05) is 7.11 Å². The molecule has 1 aromatic carbocycles. The van der Waals surface area contributed by atoms with Gasteiger partial charge in [0.25, 0.3) is 0 Å². The lowest BCUT2D eigenvalue weighted by molar-refractivity contribution is -0.138. The van der Waals surface area contributed by atoms with Gasteiger partial charge in [0.05, 0.1) is 18.7 Å². The number of allylic oxidation sites excluding steroid dienone is 1. The lowest BCUT2D eigenvalue weighted by Gasteiger charge is -2.17. The summed E-state index contributed by atoms with van der Waals surface area (Å²) < 4.78 is 47.5. The predicted molar refractivity (Wildman–Crippen MR) is 106 cm³/mol. The van der Waals surface area contributed by atoms with Crippen LogP contribution in [0.4, 0.5) is 13.2 Å². The fraction of sp³-hybridized carbons (Fsp3) is 0.381. The molecule has 0 fully saturated rings. The molecule has 0 radical (unpaired) electrons.